The molecule has 0 spiro atoms. The van der Waals surface area contributed by atoms with Gasteiger partial charge in [-0.1, -0.05) is 19.8 Å². The summed E-state index contributed by atoms with van der Waals surface area (Å²) in [7, 11) is 3.59. The molecule has 112 valence electrons. The Morgan fingerprint density at radius 1 is 1.26 bits per heavy atom. The van der Waals surface area contributed by atoms with Crippen LogP contribution >= 0.6 is 0 Å². The van der Waals surface area contributed by atoms with E-state index < -0.39 is 0 Å². The van der Waals surface area contributed by atoms with Crippen LogP contribution in [0.1, 0.15) is 39.0 Å². The first-order chi connectivity index (χ1) is 9.26. The van der Waals surface area contributed by atoms with Gasteiger partial charge in [-0.05, 0) is 6.42 Å². The summed E-state index contributed by atoms with van der Waals surface area (Å²) in [5, 5.41) is 6.70. The van der Waals surface area contributed by atoms with Gasteiger partial charge in [0.1, 0.15) is 0 Å². The number of guanidine groups is 1. The number of methoxy groups -OCH3 is 1. The predicted molar refractivity (Wildman–Crippen MR) is 78.7 cm³/mol. The zero-order chi connectivity index (χ0) is 14.0. The molecule has 0 radical (unpaired) electrons. The summed E-state index contributed by atoms with van der Waals surface area (Å²) in [6.45, 7) is 5.51. The number of hydrogen-bond donors (Lipinski definition) is 2. The molecular formula is C14H29N3O2. The molecule has 1 heterocycles. The van der Waals surface area contributed by atoms with Crippen LogP contribution in [0.15, 0.2) is 4.99 Å². The van der Waals surface area contributed by atoms with Crippen LogP contribution in [-0.2, 0) is 9.47 Å². The molecule has 1 fully saturated rings. The molecule has 1 aliphatic rings. The molecule has 0 aromatic rings. The Bertz CT molecular complexity index is 263. The lowest BCUT2D eigenvalue weighted by atomic mass is 9.94. The molecule has 0 saturated carbocycles. The maximum atomic E-state index is 5.69. The summed E-state index contributed by atoms with van der Waals surface area (Å²) in [6.07, 6.45) is 5.54. The quantitative estimate of drug-likeness (QED) is 0.419. The molecule has 5 nitrogen and oxygen atoms in total. The molecule has 0 aromatic carbocycles. The average molecular weight is 271 g/mol. The smallest absolute Gasteiger partial charge is 0.191 e. The summed E-state index contributed by atoms with van der Waals surface area (Å²) in [6, 6.07) is 0. The van der Waals surface area contributed by atoms with E-state index in [1.807, 2.05) is 0 Å². The third kappa shape index (κ3) is 5.78. The van der Waals surface area contributed by atoms with Gasteiger partial charge in [-0.15, -0.1) is 0 Å². The van der Waals surface area contributed by atoms with E-state index in [4.69, 9.17) is 9.47 Å². The third-order valence-electron chi connectivity index (χ3n) is 3.71. The van der Waals surface area contributed by atoms with E-state index in [-0.39, 0.29) is 5.60 Å². The fraction of sp³-hybridized carbons (Fsp3) is 0.929. The fourth-order valence-corrected chi connectivity index (χ4v) is 2.24. The topological polar surface area (TPSA) is 54.9 Å². The standard InChI is InChI=1S/C14H29N3O2/c1-4-5-6-9-16-13(15-2)17-12-14(18-3)7-10-19-11-8-14/h4-12H2,1-3H3,(H2,15,16,17). The number of aliphatic imine (C=N–C) groups is 1. The number of rotatable bonds is 7. The second kappa shape index (κ2) is 9.15. The van der Waals surface area contributed by atoms with Crippen molar-refractivity contribution < 1.29 is 9.47 Å². The van der Waals surface area contributed by atoms with Gasteiger partial charge in [-0.3, -0.25) is 4.99 Å². The van der Waals surface area contributed by atoms with Gasteiger partial charge in [0.15, 0.2) is 5.96 Å². The number of nitrogens with one attached hydrogen (secondary N) is 2. The number of unbranched alkanes of at least 4 members (excludes halogenated alkanes) is 2. The van der Waals surface area contributed by atoms with Crippen molar-refractivity contribution in [1.29, 1.82) is 0 Å². The molecule has 19 heavy (non-hydrogen) atoms. The molecule has 0 unspecified atom stereocenters. The van der Waals surface area contributed by atoms with Crippen molar-refractivity contribution in [2.24, 2.45) is 4.99 Å². The molecule has 1 rings (SSSR count). The van der Waals surface area contributed by atoms with Gasteiger partial charge in [0.2, 0.25) is 0 Å². The van der Waals surface area contributed by atoms with E-state index in [2.05, 4.69) is 22.5 Å². The Morgan fingerprint density at radius 2 is 2.00 bits per heavy atom. The third-order valence-corrected chi connectivity index (χ3v) is 3.71. The Balaban J connectivity index is 2.30. The second-order valence-corrected chi connectivity index (χ2v) is 5.06. The zero-order valence-corrected chi connectivity index (χ0v) is 12.6. The van der Waals surface area contributed by atoms with Crippen LogP contribution in [0.2, 0.25) is 0 Å². The first-order valence-electron chi connectivity index (χ1n) is 7.34. The highest BCUT2D eigenvalue weighted by atomic mass is 16.5. The summed E-state index contributed by atoms with van der Waals surface area (Å²) in [5.74, 6) is 0.860. The number of nitrogens with zero attached hydrogens (tertiary/aromatic N) is 1. The van der Waals surface area contributed by atoms with Crippen LogP contribution in [0.5, 0.6) is 0 Å². The van der Waals surface area contributed by atoms with E-state index in [0.717, 1.165) is 45.1 Å². The minimum absolute atomic E-state index is 0.112. The Kier molecular flexibility index (Phi) is 7.82. The molecule has 1 aliphatic heterocycles. The van der Waals surface area contributed by atoms with Crippen molar-refractivity contribution in [3.8, 4) is 0 Å². The minimum atomic E-state index is -0.112. The number of hydrogen-bond acceptors (Lipinski definition) is 3. The van der Waals surface area contributed by atoms with Gasteiger partial charge in [-0.25, -0.2) is 0 Å². The van der Waals surface area contributed by atoms with Gasteiger partial charge >= 0.3 is 0 Å². The summed E-state index contributed by atoms with van der Waals surface area (Å²) < 4.78 is 11.1. The molecule has 2 N–H and O–H groups in total. The van der Waals surface area contributed by atoms with E-state index >= 15 is 0 Å². The van der Waals surface area contributed by atoms with Crippen molar-refractivity contribution >= 4 is 5.96 Å². The van der Waals surface area contributed by atoms with E-state index in [0.29, 0.717) is 0 Å². The first kappa shape index (κ1) is 16.2. The van der Waals surface area contributed by atoms with E-state index in [9.17, 15) is 0 Å². The largest absolute Gasteiger partial charge is 0.381 e. The maximum absolute atomic E-state index is 5.69. The normalized spacial score (nSPS) is 19.2. The van der Waals surface area contributed by atoms with Crippen molar-refractivity contribution in [2.75, 3.05) is 40.5 Å². The molecule has 0 bridgehead atoms. The van der Waals surface area contributed by atoms with Crippen LogP contribution in [0.3, 0.4) is 0 Å². The van der Waals surface area contributed by atoms with Crippen LogP contribution in [0.25, 0.3) is 0 Å². The number of ether oxygens (including phenoxy) is 2. The molecule has 0 atom stereocenters. The van der Waals surface area contributed by atoms with E-state index in [1.54, 1.807) is 14.2 Å². The monoisotopic (exact) mass is 271 g/mol. The van der Waals surface area contributed by atoms with Crippen LogP contribution in [0.4, 0.5) is 0 Å². The molecule has 1 saturated heterocycles. The average Bonchev–Trinajstić information content (AvgIpc) is 2.47. The predicted octanol–water partition coefficient (Wildman–Crippen LogP) is 1.54. The second-order valence-electron chi connectivity index (χ2n) is 5.06. The highest BCUT2D eigenvalue weighted by Crippen LogP contribution is 2.23. The minimum Gasteiger partial charge on any atom is -0.381 e. The summed E-state index contributed by atoms with van der Waals surface area (Å²) in [5.41, 5.74) is -0.112. The zero-order valence-electron chi connectivity index (χ0n) is 12.6. The first-order valence-corrected chi connectivity index (χ1v) is 7.34. The van der Waals surface area contributed by atoms with Gasteiger partial charge < -0.3 is 20.1 Å². The molecule has 0 amide bonds. The summed E-state index contributed by atoms with van der Waals surface area (Å²) in [4.78, 5) is 4.24. The highest BCUT2D eigenvalue weighted by molar-refractivity contribution is 5.79. The van der Waals surface area contributed by atoms with Gasteiger partial charge in [0, 0.05) is 53.3 Å². The van der Waals surface area contributed by atoms with Crippen LogP contribution in [0, 0.1) is 0 Å². The molecule has 0 aliphatic carbocycles. The van der Waals surface area contributed by atoms with Gasteiger partial charge in [-0.2, -0.15) is 0 Å². The van der Waals surface area contributed by atoms with Crippen molar-refractivity contribution in [3.63, 3.8) is 0 Å². The molecule has 0 aromatic heterocycles. The van der Waals surface area contributed by atoms with Gasteiger partial charge in [0.05, 0.1) is 5.60 Å². The Hall–Kier alpha value is -0.810. The van der Waals surface area contributed by atoms with Crippen molar-refractivity contribution in [3.05, 3.63) is 0 Å². The van der Waals surface area contributed by atoms with Crippen LogP contribution in [-0.4, -0.2) is 52.0 Å². The molecular weight excluding hydrogens is 242 g/mol. The highest BCUT2D eigenvalue weighted by Gasteiger charge is 2.32. The lowest BCUT2D eigenvalue weighted by Gasteiger charge is -2.36. The van der Waals surface area contributed by atoms with Crippen LogP contribution < -0.4 is 10.6 Å². The fourth-order valence-electron chi connectivity index (χ4n) is 2.24. The SMILES string of the molecule is CCCCCNC(=NC)NCC1(OC)CCOCC1. The van der Waals surface area contributed by atoms with E-state index in [1.165, 1.54) is 19.3 Å². The van der Waals surface area contributed by atoms with Crippen molar-refractivity contribution in [1.82, 2.24) is 10.6 Å². The maximum Gasteiger partial charge on any atom is 0.191 e. The molecule has 5 heteroatoms. The van der Waals surface area contributed by atoms with Gasteiger partial charge in [0.25, 0.3) is 0 Å². The Labute approximate surface area is 117 Å². The lowest BCUT2D eigenvalue weighted by Crippen LogP contribution is -2.50. The summed E-state index contributed by atoms with van der Waals surface area (Å²) >= 11 is 0. The lowest BCUT2D eigenvalue weighted by molar-refractivity contribution is -0.0855. The Morgan fingerprint density at radius 3 is 2.58 bits per heavy atom. The van der Waals surface area contributed by atoms with Crippen molar-refractivity contribution in [2.45, 2.75) is 44.6 Å².